The summed E-state index contributed by atoms with van der Waals surface area (Å²) < 4.78 is 4.98. The van der Waals surface area contributed by atoms with Crippen LogP contribution in [0.25, 0.3) is 6.08 Å². The molecule has 0 aliphatic heterocycles. The van der Waals surface area contributed by atoms with Crippen LogP contribution < -0.4 is 5.32 Å². The van der Waals surface area contributed by atoms with E-state index in [4.69, 9.17) is 9.52 Å². The summed E-state index contributed by atoms with van der Waals surface area (Å²) in [4.78, 5) is 33.0. The van der Waals surface area contributed by atoms with Gasteiger partial charge >= 0.3 is 5.97 Å². The number of amides is 1. The van der Waals surface area contributed by atoms with Crippen molar-refractivity contribution >= 4 is 23.6 Å². The number of furan rings is 1. The predicted octanol–water partition coefficient (Wildman–Crippen LogP) is 2.04. The van der Waals surface area contributed by atoms with Crippen molar-refractivity contribution in [2.45, 2.75) is 0 Å². The number of carbonyl (C=O) groups excluding carboxylic acids is 1. The lowest BCUT2D eigenvalue weighted by Crippen LogP contribution is -2.27. The Morgan fingerprint density at radius 3 is 2.41 bits per heavy atom. The lowest BCUT2D eigenvalue weighted by atomic mass is 10.2. The van der Waals surface area contributed by atoms with Crippen LogP contribution in [0.4, 0.5) is 5.69 Å². The smallest absolute Gasteiger partial charge is 0.352 e. The van der Waals surface area contributed by atoms with E-state index in [0.717, 1.165) is 18.2 Å². The Balaban J connectivity index is 2.18. The van der Waals surface area contributed by atoms with E-state index in [1.54, 1.807) is 6.07 Å². The fourth-order valence-electron chi connectivity index (χ4n) is 1.60. The number of nitrogens with one attached hydrogen (secondary N) is 1. The zero-order valence-electron chi connectivity index (χ0n) is 11.1. The molecule has 0 radical (unpaired) electrons. The molecular weight excluding hydrogens is 292 g/mol. The van der Waals surface area contributed by atoms with Gasteiger partial charge in [-0.05, 0) is 24.3 Å². The Hall–Kier alpha value is -3.42. The number of rotatable bonds is 5. The molecule has 0 unspecified atom stereocenters. The third kappa shape index (κ3) is 3.57. The Labute approximate surface area is 123 Å². The quantitative estimate of drug-likeness (QED) is 0.495. The molecule has 112 valence electrons. The number of aliphatic carboxylic acids is 1. The first-order valence-corrected chi connectivity index (χ1v) is 6.01. The van der Waals surface area contributed by atoms with E-state index in [-0.39, 0.29) is 22.7 Å². The summed E-state index contributed by atoms with van der Waals surface area (Å²) in [5.41, 5.74) is -0.448. The van der Waals surface area contributed by atoms with Gasteiger partial charge in [-0.1, -0.05) is 0 Å². The second-order valence-electron chi connectivity index (χ2n) is 4.14. The van der Waals surface area contributed by atoms with Gasteiger partial charge in [-0.2, -0.15) is 0 Å². The van der Waals surface area contributed by atoms with Crippen LogP contribution in [-0.2, 0) is 4.79 Å². The van der Waals surface area contributed by atoms with Crippen LogP contribution in [0.1, 0.15) is 16.1 Å². The number of carboxylic acid groups (broad SMARTS) is 1. The van der Waals surface area contributed by atoms with E-state index >= 15 is 0 Å². The molecule has 2 N–H and O–H groups in total. The molecule has 1 aromatic heterocycles. The number of carboxylic acids is 1. The van der Waals surface area contributed by atoms with Crippen LogP contribution in [-0.4, -0.2) is 21.9 Å². The first-order valence-electron chi connectivity index (χ1n) is 6.01. The highest BCUT2D eigenvalue weighted by Gasteiger charge is 2.15. The van der Waals surface area contributed by atoms with Crippen molar-refractivity contribution in [1.29, 1.82) is 0 Å². The van der Waals surface area contributed by atoms with E-state index in [2.05, 4.69) is 5.32 Å². The molecule has 8 nitrogen and oxygen atoms in total. The molecule has 0 atom stereocenters. The van der Waals surface area contributed by atoms with Crippen LogP contribution in [0.3, 0.4) is 0 Å². The second kappa shape index (κ2) is 6.35. The van der Waals surface area contributed by atoms with Gasteiger partial charge in [0.2, 0.25) is 0 Å². The molecular formula is C14H10N2O6. The molecule has 0 bridgehead atoms. The van der Waals surface area contributed by atoms with E-state index in [1.165, 1.54) is 24.5 Å². The SMILES string of the molecule is O=C(O)C(=Cc1ccco1)NC(=O)c1ccc([N+](=O)[O-])cc1. The van der Waals surface area contributed by atoms with Crippen LogP contribution in [0.15, 0.2) is 52.8 Å². The second-order valence-corrected chi connectivity index (χ2v) is 4.14. The Morgan fingerprint density at radius 1 is 1.23 bits per heavy atom. The third-order valence-corrected chi connectivity index (χ3v) is 2.65. The molecule has 1 amide bonds. The first kappa shape index (κ1) is 15.0. The summed E-state index contributed by atoms with van der Waals surface area (Å²) in [7, 11) is 0. The standard InChI is InChI=1S/C14H10N2O6/c17-13(9-3-5-10(6-4-9)16(20)21)15-12(14(18)19)8-11-2-1-7-22-11/h1-8H,(H,15,17)(H,18,19). The highest BCUT2D eigenvalue weighted by atomic mass is 16.6. The van der Waals surface area contributed by atoms with Crippen molar-refractivity contribution < 1.29 is 24.0 Å². The lowest BCUT2D eigenvalue weighted by Gasteiger charge is -2.05. The molecule has 0 aliphatic rings. The van der Waals surface area contributed by atoms with Crippen LogP contribution in [0.5, 0.6) is 0 Å². The van der Waals surface area contributed by atoms with Gasteiger partial charge in [0, 0.05) is 23.8 Å². The minimum atomic E-state index is -1.34. The maximum Gasteiger partial charge on any atom is 0.352 e. The molecule has 22 heavy (non-hydrogen) atoms. The Kier molecular flexibility index (Phi) is 4.33. The minimum Gasteiger partial charge on any atom is -0.477 e. The molecule has 8 heteroatoms. The van der Waals surface area contributed by atoms with Crippen molar-refractivity contribution in [3.63, 3.8) is 0 Å². The first-order chi connectivity index (χ1) is 10.5. The maximum atomic E-state index is 12.0. The van der Waals surface area contributed by atoms with E-state index in [9.17, 15) is 19.7 Å². The normalized spacial score (nSPS) is 11.0. The molecule has 1 heterocycles. The number of nitro groups is 1. The number of nitrogens with zero attached hydrogens (tertiary/aromatic N) is 1. The number of nitro benzene ring substituents is 1. The summed E-state index contributed by atoms with van der Waals surface area (Å²) in [6.07, 6.45) is 2.52. The van der Waals surface area contributed by atoms with Crippen LogP contribution >= 0.6 is 0 Å². The van der Waals surface area contributed by atoms with Gasteiger partial charge < -0.3 is 14.8 Å². The van der Waals surface area contributed by atoms with Crippen LogP contribution in [0, 0.1) is 10.1 Å². The third-order valence-electron chi connectivity index (χ3n) is 2.65. The largest absolute Gasteiger partial charge is 0.477 e. The molecule has 0 saturated carbocycles. The molecule has 2 aromatic rings. The summed E-state index contributed by atoms with van der Waals surface area (Å²) in [6.45, 7) is 0. The zero-order chi connectivity index (χ0) is 16.1. The van der Waals surface area contributed by atoms with Gasteiger partial charge in [0.25, 0.3) is 11.6 Å². The summed E-state index contributed by atoms with van der Waals surface area (Å²) in [5, 5.41) is 21.8. The molecule has 0 aliphatic carbocycles. The number of benzene rings is 1. The number of carbonyl (C=O) groups is 2. The summed E-state index contributed by atoms with van der Waals surface area (Å²) >= 11 is 0. The maximum absolute atomic E-state index is 12.0. The monoisotopic (exact) mass is 302 g/mol. The van der Waals surface area contributed by atoms with E-state index in [1.807, 2.05) is 0 Å². The molecule has 0 saturated heterocycles. The number of hydrogen-bond donors (Lipinski definition) is 2. The van der Waals surface area contributed by atoms with Gasteiger partial charge in [0.05, 0.1) is 11.2 Å². The number of non-ortho nitro benzene ring substituents is 1. The average molecular weight is 302 g/mol. The van der Waals surface area contributed by atoms with Gasteiger partial charge in [0.1, 0.15) is 11.5 Å². The molecule has 2 rings (SSSR count). The van der Waals surface area contributed by atoms with Crippen molar-refractivity contribution in [3.8, 4) is 0 Å². The fourth-order valence-corrected chi connectivity index (χ4v) is 1.60. The van der Waals surface area contributed by atoms with E-state index < -0.39 is 16.8 Å². The summed E-state index contributed by atoms with van der Waals surface area (Å²) in [5.74, 6) is -1.77. The number of hydrogen-bond acceptors (Lipinski definition) is 5. The Morgan fingerprint density at radius 2 is 1.91 bits per heavy atom. The Bertz CT molecular complexity index is 731. The van der Waals surface area contributed by atoms with Gasteiger partial charge in [-0.25, -0.2) is 4.79 Å². The van der Waals surface area contributed by atoms with E-state index in [0.29, 0.717) is 0 Å². The van der Waals surface area contributed by atoms with Crippen molar-refractivity contribution in [2.24, 2.45) is 0 Å². The molecule has 1 aromatic carbocycles. The van der Waals surface area contributed by atoms with Crippen LogP contribution in [0.2, 0.25) is 0 Å². The molecule has 0 spiro atoms. The molecule has 0 fully saturated rings. The average Bonchev–Trinajstić information content (AvgIpc) is 2.99. The topological polar surface area (TPSA) is 123 Å². The highest BCUT2D eigenvalue weighted by Crippen LogP contribution is 2.13. The zero-order valence-corrected chi connectivity index (χ0v) is 11.1. The fraction of sp³-hybridized carbons (Fsp3) is 0. The van der Waals surface area contributed by atoms with Crippen molar-refractivity contribution in [3.05, 3.63) is 69.8 Å². The minimum absolute atomic E-state index is 0.0946. The van der Waals surface area contributed by atoms with Crippen molar-refractivity contribution in [1.82, 2.24) is 5.32 Å². The highest BCUT2D eigenvalue weighted by molar-refractivity contribution is 6.02. The lowest BCUT2D eigenvalue weighted by molar-refractivity contribution is -0.384. The van der Waals surface area contributed by atoms with Gasteiger partial charge in [-0.15, -0.1) is 0 Å². The predicted molar refractivity (Wildman–Crippen MR) is 74.9 cm³/mol. The van der Waals surface area contributed by atoms with Crippen molar-refractivity contribution in [2.75, 3.05) is 0 Å². The van der Waals surface area contributed by atoms with Gasteiger partial charge in [-0.3, -0.25) is 14.9 Å². The van der Waals surface area contributed by atoms with Gasteiger partial charge in [0.15, 0.2) is 0 Å². The summed E-state index contributed by atoms with van der Waals surface area (Å²) in [6, 6.07) is 7.89.